The molecule has 0 heterocycles. The highest BCUT2D eigenvalue weighted by molar-refractivity contribution is 6.31. The Morgan fingerprint density at radius 2 is 2.12 bits per heavy atom. The lowest BCUT2D eigenvalue weighted by molar-refractivity contribution is 0.237. The van der Waals surface area contributed by atoms with Crippen molar-refractivity contribution >= 4 is 11.6 Å². The van der Waals surface area contributed by atoms with E-state index in [0.29, 0.717) is 5.02 Å². The summed E-state index contributed by atoms with van der Waals surface area (Å²) in [6.45, 7) is 4.07. The van der Waals surface area contributed by atoms with Gasteiger partial charge in [0.15, 0.2) is 0 Å². The SMILES string of the molecule is COc1ccc(C(CO)NC(C)C)c(Cl)c1. The van der Waals surface area contributed by atoms with Gasteiger partial charge in [-0.2, -0.15) is 0 Å². The predicted molar refractivity (Wildman–Crippen MR) is 66.1 cm³/mol. The molecule has 0 radical (unpaired) electrons. The lowest BCUT2D eigenvalue weighted by atomic mass is 10.1. The number of nitrogens with one attached hydrogen (secondary N) is 1. The molecule has 1 aromatic rings. The molecular formula is C12H18ClNO2. The van der Waals surface area contributed by atoms with E-state index in [1.165, 1.54) is 0 Å². The highest BCUT2D eigenvalue weighted by Gasteiger charge is 2.14. The third-order valence-electron chi connectivity index (χ3n) is 2.30. The molecule has 0 saturated heterocycles. The third kappa shape index (κ3) is 3.37. The zero-order valence-corrected chi connectivity index (χ0v) is 10.6. The van der Waals surface area contributed by atoms with Crippen LogP contribution in [-0.4, -0.2) is 24.9 Å². The van der Waals surface area contributed by atoms with E-state index in [2.05, 4.69) is 5.32 Å². The summed E-state index contributed by atoms with van der Waals surface area (Å²) in [5, 5.41) is 13.2. The minimum atomic E-state index is -0.140. The second kappa shape index (κ2) is 6.09. The van der Waals surface area contributed by atoms with E-state index in [9.17, 15) is 5.11 Å². The van der Waals surface area contributed by atoms with Crippen LogP contribution in [-0.2, 0) is 0 Å². The highest BCUT2D eigenvalue weighted by Crippen LogP contribution is 2.27. The Hall–Kier alpha value is -0.770. The van der Waals surface area contributed by atoms with Gasteiger partial charge in [-0.15, -0.1) is 0 Å². The van der Waals surface area contributed by atoms with Crippen molar-refractivity contribution in [1.29, 1.82) is 0 Å². The van der Waals surface area contributed by atoms with Gasteiger partial charge in [-0.3, -0.25) is 0 Å². The lowest BCUT2D eigenvalue weighted by Crippen LogP contribution is -2.30. The number of rotatable bonds is 5. The Bertz CT molecular complexity index is 342. The summed E-state index contributed by atoms with van der Waals surface area (Å²) in [6, 6.07) is 5.61. The second-order valence-electron chi connectivity index (χ2n) is 3.94. The van der Waals surface area contributed by atoms with Crippen LogP contribution in [0.4, 0.5) is 0 Å². The van der Waals surface area contributed by atoms with Crippen molar-refractivity contribution in [3.8, 4) is 5.75 Å². The summed E-state index contributed by atoms with van der Waals surface area (Å²) in [5.41, 5.74) is 0.888. The van der Waals surface area contributed by atoms with E-state index in [-0.39, 0.29) is 18.7 Å². The molecule has 0 amide bonds. The van der Waals surface area contributed by atoms with Gasteiger partial charge in [0.05, 0.1) is 19.8 Å². The molecule has 90 valence electrons. The van der Waals surface area contributed by atoms with Gasteiger partial charge in [0.25, 0.3) is 0 Å². The Morgan fingerprint density at radius 1 is 1.44 bits per heavy atom. The monoisotopic (exact) mass is 243 g/mol. The standard InChI is InChI=1S/C12H18ClNO2/c1-8(2)14-12(7-15)10-5-4-9(16-3)6-11(10)13/h4-6,8,12,14-15H,7H2,1-3H3. The molecule has 0 bridgehead atoms. The van der Waals surface area contributed by atoms with Crippen molar-refractivity contribution < 1.29 is 9.84 Å². The highest BCUT2D eigenvalue weighted by atomic mass is 35.5. The number of aliphatic hydroxyl groups is 1. The van der Waals surface area contributed by atoms with E-state index in [0.717, 1.165) is 11.3 Å². The molecule has 2 N–H and O–H groups in total. The molecule has 0 aliphatic heterocycles. The van der Waals surface area contributed by atoms with Crippen molar-refractivity contribution in [3.63, 3.8) is 0 Å². The van der Waals surface area contributed by atoms with Crippen molar-refractivity contribution in [2.45, 2.75) is 25.9 Å². The fraction of sp³-hybridized carbons (Fsp3) is 0.500. The van der Waals surface area contributed by atoms with Crippen LogP contribution in [0.3, 0.4) is 0 Å². The molecule has 0 fully saturated rings. The summed E-state index contributed by atoms with van der Waals surface area (Å²) in [5.74, 6) is 0.718. The maximum atomic E-state index is 9.33. The molecule has 3 nitrogen and oxygen atoms in total. The van der Waals surface area contributed by atoms with Gasteiger partial charge in [0.1, 0.15) is 5.75 Å². The van der Waals surface area contributed by atoms with Crippen molar-refractivity contribution in [2.75, 3.05) is 13.7 Å². The molecule has 0 saturated carbocycles. The van der Waals surface area contributed by atoms with Crippen LogP contribution in [0.1, 0.15) is 25.5 Å². The van der Waals surface area contributed by atoms with E-state index in [4.69, 9.17) is 16.3 Å². The molecule has 0 spiro atoms. The maximum absolute atomic E-state index is 9.33. The number of halogens is 1. The van der Waals surface area contributed by atoms with Crippen molar-refractivity contribution in [2.24, 2.45) is 0 Å². The Morgan fingerprint density at radius 3 is 2.56 bits per heavy atom. The molecule has 1 atom stereocenters. The fourth-order valence-corrected chi connectivity index (χ4v) is 1.86. The first-order valence-corrected chi connectivity index (χ1v) is 5.66. The first-order chi connectivity index (χ1) is 7.58. The molecule has 0 aromatic heterocycles. The van der Waals surface area contributed by atoms with Gasteiger partial charge < -0.3 is 15.2 Å². The van der Waals surface area contributed by atoms with Crippen LogP contribution in [0, 0.1) is 0 Å². The zero-order chi connectivity index (χ0) is 12.1. The van der Waals surface area contributed by atoms with Crippen LogP contribution in [0.15, 0.2) is 18.2 Å². The average Bonchev–Trinajstić information content (AvgIpc) is 2.25. The van der Waals surface area contributed by atoms with Gasteiger partial charge in [0, 0.05) is 11.1 Å². The lowest BCUT2D eigenvalue weighted by Gasteiger charge is -2.20. The first-order valence-electron chi connectivity index (χ1n) is 5.28. The molecule has 0 aliphatic carbocycles. The number of benzene rings is 1. The number of hydrogen-bond acceptors (Lipinski definition) is 3. The largest absolute Gasteiger partial charge is 0.497 e. The summed E-state index contributed by atoms with van der Waals surface area (Å²) in [7, 11) is 1.60. The smallest absolute Gasteiger partial charge is 0.120 e. The Kier molecular flexibility index (Phi) is 5.06. The second-order valence-corrected chi connectivity index (χ2v) is 4.35. The number of ether oxygens (including phenoxy) is 1. The van der Waals surface area contributed by atoms with E-state index >= 15 is 0 Å². The van der Waals surface area contributed by atoms with Gasteiger partial charge in [-0.25, -0.2) is 0 Å². The molecule has 0 aliphatic rings. The van der Waals surface area contributed by atoms with Crippen molar-refractivity contribution in [3.05, 3.63) is 28.8 Å². The molecule has 16 heavy (non-hydrogen) atoms. The van der Waals surface area contributed by atoms with Crippen LogP contribution < -0.4 is 10.1 Å². The molecule has 4 heteroatoms. The van der Waals surface area contributed by atoms with Gasteiger partial charge in [-0.05, 0) is 17.7 Å². The molecule has 1 aromatic carbocycles. The Balaban J connectivity index is 2.92. The van der Waals surface area contributed by atoms with Gasteiger partial charge >= 0.3 is 0 Å². The fourth-order valence-electron chi connectivity index (χ4n) is 1.56. The minimum Gasteiger partial charge on any atom is -0.497 e. The van der Waals surface area contributed by atoms with Crippen LogP contribution >= 0.6 is 11.6 Å². The summed E-state index contributed by atoms with van der Waals surface area (Å²) >= 11 is 6.13. The van der Waals surface area contributed by atoms with Gasteiger partial charge in [-0.1, -0.05) is 31.5 Å². The van der Waals surface area contributed by atoms with Crippen LogP contribution in [0.25, 0.3) is 0 Å². The Labute approximate surface area is 101 Å². The molecular weight excluding hydrogens is 226 g/mol. The summed E-state index contributed by atoms with van der Waals surface area (Å²) in [6.07, 6.45) is 0. The van der Waals surface area contributed by atoms with Crippen LogP contribution in [0.2, 0.25) is 5.02 Å². The first kappa shape index (κ1) is 13.3. The number of methoxy groups -OCH3 is 1. The van der Waals surface area contributed by atoms with E-state index in [1.54, 1.807) is 13.2 Å². The number of hydrogen-bond donors (Lipinski definition) is 2. The minimum absolute atomic E-state index is 0.0181. The van der Waals surface area contributed by atoms with E-state index < -0.39 is 0 Å². The topological polar surface area (TPSA) is 41.5 Å². The average molecular weight is 244 g/mol. The normalized spacial score (nSPS) is 12.9. The predicted octanol–water partition coefficient (Wildman–Crippen LogP) is 2.38. The third-order valence-corrected chi connectivity index (χ3v) is 2.63. The molecule has 1 unspecified atom stereocenters. The van der Waals surface area contributed by atoms with E-state index in [1.807, 2.05) is 26.0 Å². The quantitative estimate of drug-likeness (QED) is 0.835. The van der Waals surface area contributed by atoms with Crippen molar-refractivity contribution in [1.82, 2.24) is 5.32 Å². The summed E-state index contributed by atoms with van der Waals surface area (Å²) in [4.78, 5) is 0. The van der Waals surface area contributed by atoms with Crippen LogP contribution in [0.5, 0.6) is 5.75 Å². The summed E-state index contributed by atoms with van der Waals surface area (Å²) < 4.78 is 5.08. The number of aliphatic hydroxyl groups excluding tert-OH is 1. The van der Waals surface area contributed by atoms with Gasteiger partial charge in [0.2, 0.25) is 0 Å². The maximum Gasteiger partial charge on any atom is 0.120 e. The molecule has 1 rings (SSSR count). The zero-order valence-electron chi connectivity index (χ0n) is 9.83.